The van der Waals surface area contributed by atoms with Gasteiger partial charge in [0.1, 0.15) is 11.9 Å². The van der Waals surface area contributed by atoms with Crippen LogP contribution in [-0.4, -0.2) is 28.0 Å². The van der Waals surface area contributed by atoms with Crippen LogP contribution in [0, 0.1) is 12.3 Å². The standard InChI is InChI=1S/C16H21N5O2/c1-3-4-8-16(19-20-16)9-7-15(22)17-14-11-12(18-21(14)2)13-6-5-10-23-13/h1,11,13H,4-10H2,2H3,(H,17,22). The minimum Gasteiger partial charge on any atom is -0.372 e. The van der Waals surface area contributed by atoms with Gasteiger partial charge in [-0.15, -0.1) is 12.3 Å². The zero-order valence-corrected chi connectivity index (χ0v) is 13.3. The Labute approximate surface area is 135 Å². The summed E-state index contributed by atoms with van der Waals surface area (Å²) >= 11 is 0. The monoisotopic (exact) mass is 315 g/mol. The predicted molar refractivity (Wildman–Crippen MR) is 84.7 cm³/mol. The molecule has 3 rings (SSSR count). The van der Waals surface area contributed by atoms with Crippen LogP contribution < -0.4 is 5.32 Å². The van der Waals surface area contributed by atoms with Gasteiger partial charge in [0.15, 0.2) is 5.66 Å². The quantitative estimate of drug-likeness (QED) is 0.785. The topological polar surface area (TPSA) is 80.9 Å². The van der Waals surface area contributed by atoms with Gasteiger partial charge in [0.05, 0.1) is 5.69 Å². The van der Waals surface area contributed by atoms with E-state index < -0.39 is 5.66 Å². The molecular weight excluding hydrogens is 294 g/mol. The third-order valence-electron chi connectivity index (χ3n) is 4.23. The van der Waals surface area contributed by atoms with Gasteiger partial charge < -0.3 is 10.1 Å². The number of nitrogens with zero attached hydrogens (tertiary/aromatic N) is 4. The number of amides is 1. The molecule has 2 aliphatic rings. The lowest BCUT2D eigenvalue weighted by Crippen LogP contribution is -2.18. The summed E-state index contributed by atoms with van der Waals surface area (Å²) in [6.45, 7) is 0.773. The zero-order valence-electron chi connectivity index (χ0n) is 13.3. The number of aromatic nitrogens is 2. The number of nitrogens with one attached hydrogen (secondary N) is 1. The highest BCUT2D eigenvalue weighted by Gasteiger charge is 2.39. The first-order valence-electron chi connectivity index (χ1n) is 7.95. The number of carbonyl (C=O) groups excluding carboxylic acids is 1. The highest BCUT2D eigenvalue weighted by Crippen LogP contribution is 2.37. The molecule has 1 fully saturated rings. The molecule has 0 aromatic carbocycles. The number of carbonyl (C=O) groups is 1. The maximum Gasteiger partial charge on any atom is 0.225 e. The van der Waals surface area contributed by atoms with Crippen molar-refractivity contribution in [3.8, 4) is 12.3 Å². The molecule has 7 nitrogen and oxygen atoms in total. The number of rotatable bonds is 7. The summed E-state index contributed by atoms with van der Waals surface area (Å²) in [4.78, 5) is 12.1. The third-order valence-corrected chi connectivity index (χ3v) is 4.23. The van der Waals surface area contributed by atoms with Crippen LogP contribution in [0.1, 0.15) is 50.3 Å². The zero-order chi connectivity index (χ0) is 16.3. The number of ether oxygens (including phenoxy) is 1. The summed E-state index contributed by atoms with van der Waals surface area (Å²) in [6.07, 6.45) is 9.63. The smallest absolute Gasteiger partial charge is 0.225 e. The molecule has 23 heavy (non-hydrogen) atoms. The lowest BCUT2D eigenvalue weighted by molar-refractivity contribution is -0.116. The van der Waals surface area contributed by atoms with Crippen LogP contribution >= 0.6 is 0 Å². The van der Waals surface area contributed by atoms with Crippen molar-refractivity contribution in [2.45, 2.75) is 50.3 Å². The van der Waals surface area contributed by atoms with E-state index in [9.17, 15) is 4.79 Å². The Kier molecular flexibility index (Phi) is 4.44. The number of anilines is 1. The molecule has 0 radical (unpaired) electrons. The molecule has 1 saturated heterocycles. The van der Waals surface area contributed by atoms with E-state index in [1.54, 1.807) is 4.68 Å². The molecule has 1 aromatic rings. The average molecular weight is 315 g/mol. The van der Waals surface area contributed by atoms with E-state index >= 15 is 0 Å². The van der Waals surface area contributed by atoms with Crippen molar-refractivity contribution in [3.05, 3.63) is 11.8 Å². The van der Waals surface area contributed by atoms with Crippen molar-refractivity contribution in [3.63, 3.8) is 0 Å². The number of hydrogen-bond donors (Lipinski definition) is 1. The van der Waals surface area contributed by atoms with Crippen LogP contribution in [0.15, 0.2) is 16.3 Å². The first kappa shape index (κ1) is 15.7. The van der Waals surface area contributed by atoms with Crippen LogP contribution in [0.2, 0.25) is 0 Å². The van der Waals surface area contributed by atoms with Gasteiger partial charge in [0, 0.05) is 45.4 Å². The summed E-state index contributed by atoms with van der Waals surface area (Å²) in [5.41, 5.74) is 0.455. The van der Waals surface area contributed by atoms with Gasteiger partial charge in [0.25, 0.3) is 0 Å². The molecule has 0 aliphatic carbocycles. The molecule has 0 bridgehead atoms. The summed E-state index contributed by atoms with van der Waals surface area (Å²) in [6, 6.07) is 1.88. The van der Waals surface area contributed by atoms with Crippen molar-refractivity contribution in [1.82, 2.24) is 9.78 Å². The normalized spacial score (nSPS) is 21.1. The molecule has 0 spiro atoms. The van der Waals surface area contributed by atoms with Gasteiger partial charge >= 0.3 is 0 Å². The average Bonchev–Trinajstić information content (AvgIpc) is 2.94. The maximum absolute atomic E-state index is 12.1. The van der Waals surface area contributed by atoms with Crippen molar-refractivity contribution in [2.24, 2.45) is 17.3 Å². The second-order valence-corrected chi connectivity index (χ2v) is 6.01. The second-order valence-electron chi connectivity index (χ2n) is 6.01. The summed E-state index contributed by atoms with van der Waals surface area (Å²) < 4.78 is 7.30. The molecule has 2 aliphatic heterocycles. The fraction of sp³-hybridized carbons (Fsp3) is 0.625. The Balaban J connectivity index is 1.51. The fourth-order valence-corrected chi connectivity index (χ4v) is 2.76. The highest BCUT2D eigenvalue weighted by atomic mass is 16.5. The van der Waals surface area contributed by atoms with Crippen molar-refractivity contribution in [1.29, 1.82) is 0 Å². The second kappa shape index (κ2) is 6.50. The summed E-state index contributed by atoms with van der Waals surface area (Å²) in [7, 11) is 1.81. The van der Waals surface area contributed by atoms with Crippen LogP contribution in [-0.2, 0) is 16.6 Å². The van der Waals surface area contributed by atoms with Gasteiger partial charge in [-0.2, -0.15) is 15.3 Å². The Hall–Kier alpha value is -2.20. The Morgan fingerprint density at radius 3 is 3.04 bits per heavy atom. The van der Waals surface area contributed by atoms with Gasteiger partial charge in [0.2, 0.25) is 5.91 Å². The van der Waals surface area contributed by atoms with Gasteiger partial charge in [-0.25, -0.2) is 0 Å². The first-order chi connectivity index (χ1) is 11.1. The van der Waals surface area contributed by atoms with Crippen LogP contribution in [0.25, 0.3) is 0 Å². The lowest BCUT2D eigenvalue weighted by Gasteiger charge is -2.09. The molecule has 7 heteroatoms. The molecule has 0 saturated carbocycles. The number of terminal acetylenes is 1. The third kappa shape index (κ3) is 3.77. The summed E-state index contributed by atoms with van der Waals surface area (Å²) in [5, 5.41) is 15.4. The highest BCUT2D eigenvalue weighted by molar-refractivity contribution is 5.90. The minimum absolute atomic E-state index is 0.0444. The van der Waals surface area contributed by atoms with Gasteiger partial charge in [-0.1, -0.05) is 0 Å². The van der Waals surface area contributed by atoms with Gasteiger partial charge in [-0.3, -0.25) is 9.48 Å². The van der Waals surface area contributed by atoms with E-state index in [2.05, 4.69) is 26.6 Å². The molecular formula is C16H21N5O2. The molecule has 1 amide bonds. The van der Waals surface area contributed by atoms with Crippen LogP contribution in [0.5, 0.6) is 0 Å². The molecule has 3 heterocycles. The van der Waals surface area contributed by atoms with Crippen molar-refractivity contribution in [2.75, 3.05) is 11.9 Å². The maximum atomic E-state index is 12.1. The summed E-state index contributed by atoms with van der Waals surface area (Å²) in [5.74, 6) is 3.20. The van der Waals surface area contributed by atoms with E-state index in [-0.39, 0.29) is 12.0 Å². The Morgan fingerprint density at radius 1 is 1.57 bits per heavy atom. The van der Waals surface area contributed by atoms with E-state index in [0.717, 1.165) is 25.1 Å². The first-order valence-corrected chi connectivity index (χ1v) is 7.95. The van der Waals surface area contributed by atoms with Crippen LogP contribution in [0.3, 0.4) is 0 Å². The van der Waals surface area contributed by atoms with E-state index in [0.29, 0.717) is 31.5 Å². The fourth-order valence-electron chi connectivity index (χ4n) is 2.76. The van der Waals surface area contributed by atoms with Crippen molar-refractivity contribution < 1.29 is 9.53 Å². The van der Waals surface area contributed by atoms with E-state index in [1.807, 2.05) is 13.1 Å². The lowest BCUT2D eigenvalue weighted by atomic mass is 10.0. The number of aryl methyl sites for hydroxylation is 1. The van der Waals surface area contributed by atoms with Crippen molar-refractivity contribution >= 4 is 11.7 Å². The SMILES string of the molecule is C#CCCC1(CCC(=O)Nc2cc(C3CCCO3)nn2C)N=N1. The molecule has 1 N–H and O–H groups in total. The molecule has 1 atom stereocenters. The molecule has 122 valence electrons. The predicted octanol–water partition coefficient (Wildman–Crippen LogP) is 2.57. The van der Waals surface area contributed by atoms with E-state index in [1.165, 1.54) is 0 Å². The number of hydrogen-bond acceptors (Lipinski definition) is 5. The molecule has 1 aromatic heterocycles. The minimum atomic E-state index is -0.418. The Morgan fingerprint density at radius 2 is 2.39 bits per heavy atom. The van der Waals surface area contributed by atoms with Gasteiger partial charge in [-0.05, 0) is 12.8 Å². The van der Waals surface area contributed by atoms with E-state index in [4.69, 9.17) is 11.2 Å². The van der Waals surface area contributed by atoms with Crippen LogP contribution in [0.4, 0.5) is 5.82 Å². The molecule has 1 unspecified atom stereocenters. The Bertz CT molecular complexity index is 646. The largest absolute Gasteiger partial charge is 0.372 e.